The monoisotopic (exact) mass is 564 g/mol. The van der Waals surface area contributed by atoms with Crippen molar-refractivity contribution < 1.29 is 0 Å². The van der Waals surface area contributed by atoms with Gasteiger partial charge in [-0.1, -0.05) is 85.9 Å². The second kappa shape index (κ2) is 11.7. The van der Waals surface area contributed by atoms with Crippen molar-refractivity contribution >= 4 is 11.9 Å². The number of aliphatic imine (C=N–C) groups is 1. The molecule has 4 aliphatic carbocycles. The van der Waals surface area contributed by atoms with Gasteiger partial charge < -0.3 is 9.80 Å². The number of fused-ring (bicyclic) bond motifs is 1. The van der Waals surface area contributed by atoms with Gasteiger partial charge in [0, 0.05) is 29.2 Å². The smallest absolute Gasteiger partial charge is 0.100 e. The average Bonchev–Trinajstić information content (AvgIpc) is 3.88. The predicted octanol–water partition coefficient (Wildman–Crippen LogP) is 8.61. The minimum atomic E-state index is 0.0729. The Morgan fingerprint density at radius 3 is 2.63 bits per heavy atom. The summed E-state index contributed by atoms with van der Waals surface area (Å²) in [5, 5.41) is 9.35. The molecule has 5 unspecified atom stereocenters. The molecule has 1 aromatic rings. The lowest BCUT2D eigenvalue weighted by Gasteiger charge is -2.52. The molecular weight excluding hydrogens is 524 g/mol. The van der Waals surface area contributed by atoms with Crippen LogP contribution in [0.3, 0.4) is 0 Å². The predicted molar refractivity (Wildman–Crippen MR) is 177 cm³/mol. The van der Waals surface area contributed by atoms with E-state index in [1.807, 2.05) is 6.08 Å². The second-order valence-electron chi connectivity index (χ2n) is 12.5. The minimum absolute atomic E-state index is 0.0729. The fourth-order valence-corrected chi connectivity index (χ4v) is 7.45. The fourth-order valence-electron chi connectivity index (χ4n) is 7.45. The zero-order valence-electron chi connectivity index (χ0n) is 25.2. The molecule has 0 N–H and O–H groups in total. The molecule has 4 heteroatoms. The Morgan fingerprint density at radius 1 is 1.09 bits per heavy atom. The molecule has 1 aromatic carbocycles. The third-order valence-electron chi connectivity index (χ3n) is 9.65. The molecule has 0 radical (unpaired) electrons. The standard InChI is InChI=1S/C39H40N4/c1-3-33(35-20-19-29(25-40)26-41-35)34(23-28-17-18-28)30-10-9-13-32(24-30)43-37-15-8-7-14-36(37)42(31-11-5-4-6-12-31)39-22-27(2)16-21-38(39)43/h3-5,7-11,13-19,21,24,26-28,34-37H,6,12,20,22-23H2,1-2H3/b33-3+. The van der Waals surface area contributed by atoms with Gasteiger partial charge in [-0.2, -0.15) is 5.26 Å². The molecule has 2 heterocycles. The molecule has 0 bridgehead atoms. The highest BCUT2D eigenvalue weighted by atomic mass is 15.3. The molecular formula is C39H40N4. The number of hydrogen-bond acceptors (Lipinski definition) is 4. The Bertz CT molecular complexity index is 1620. The van der Waals surface area contributed by atoms with Crippen LogP contribution in [0.5, 0.6) is 0 Å². The Hall–Kier alpha value is -4.36. The van der Waals surface area contributed by atoms with E-state index in [9.17, 15) is 5.26 Å². The van der Waals surface area contributed by atoms with E-state index in [1.165, 1.54) is 33.9 Å². The molecule has 0 spiro atoms. The quantitative estimate of drug-likeness (QED) is 0.311. The molecule has 0 amide bonds. The van der Waals surface area contributed by atoms with Crippen molar-refractivity contribution in [1.82, 2.24) is 4.90 Å². The summed E-state index contributed by atoms with van der Waals surface area (Å²) in [4.78, 5) is 10.1. The van der Waals surface area contributed by atoms with E-state index in [2.05, 4.69) is 127 Å². The summed E-state index contributed by atoms with van der Waals surface area (Å²) < 4.78 is 0. The first-order valence-electron chi connectivity index (χ1n) is 15.9. The van der Waals surface area contributed by atoms with E-state index in [0.29, 0.717) is 17.4 Å². The van der Waals surface area contributed by atoms with Crippen LogP contribution in [0.15, 0.2) is 136 Å². The normalized spacial score (nSPS) is 28.3. The number of benzene rings is 1. The van der Waals surface area contributed by atoms with E-state index in [4.69, 9.17) is 4.99 Å². The van der Waals surface area contributed by atoms with Crippen LogP contribution < -0.4 is 4.90 Å². The molecule has 7 rings (SSSR count). The molecule has 0 aromatic heterocycles. The van der Waals surface area contributed by atoms with Crippen LogP contribution in [-0.4, -0.2) is 29.2 Å². The lowest BCUT2D eigenvalue weighted by molar-refractivity contribution is 0.282. The van der Waals surface area contributed by atoms with Gasteiger partial charge in [0.1, 0.15) is 6.07 Å². The number of nitrogens with zero attached hydrogens (tertiary/aromatic N) is 4. The third kappa shape index (κ3) is 5.34. The van der Waals surface area contributed by atoms with Gasteiger partial charge >= 0.3 is 0 Å². The van der Waals surface area contributed by atoms with Gasteiger partial charge in [-0.25, -0.2) is 0 Å². The highest BCUT2D eigenvalue weighted by Crippen LogP contribution is 2.45. The maximum Gasteiger partial charge on any atom is 0.100 e. The van der Waals surface area contributed by atoms with Crippen LogP contribution in [0.25, 0.3) is 0 Å². The van der Waals surface area contributed by atoms with Gasteiger partial charge in [0.15, 0.2) is 0 Å². The molecule has 4 nitrogen and oxygen atoms in total. The van der Waals surface area contributed by atoms with E-state index in [0.717, 1.165) is 32.1 Å². The van der Waals surface area contributed by atoms with Crippen LogP contribution in [-0.2, 0) is 0 Å². The number of hydrogen-bond donors (Lipinski definition) is 0. The summed E-state index contributed by atoms with van der Waals surface area (Å²) in [5.74, 6) is 1.31. The number of rotatable bonds is 7. The number of anilines is 1. The topological polar surface area (TPSA) is 42.6 Å². The second-order valence-corrected chi connectivity index (χ2v) is 12.5. The molecule has 0 saturated carbocycles. The van der Waals surface area contributed by atoms with Crippen molar-refractivity contribution in [3.05, 3.63) is 137 Å². The maximum atomic E-state index is 9.35. The summed E-state index contributed by atoms with van der Waals surface area (Å²) in [6.45, 7) is 4.48. The first kappa shape index (κ1) is 27.5. The van der Waals surface area contributed by atoms with E-state index in [-0.39, 0.29) is 24.0 Å². The largest absolute Gasteiger partial charge is 0.337 e. The average molecular weight is 565 g/mol. The van der Waals surface area contributed by atoms with E-state index < -0.39 is 0 Å². The van der Waals surface area contributed by atoms with Gasteiger partial charge in [-0.05, 0) is 86.3 Å². The van der Waals surface area contributed by atoms with Crippen molar-refractivity contribution in [3.63, 3.8) is 0 Å². The highest BCUT2D eigenvalue weighted by Gasteiger charge is 2.41. The maximum absolute atomic E-state index is 9.35. The molecule has 43 heavy (non-hydrogen) atoms. The molecule has 0 saturated heterocycles. The molecule has 6 aliphatic rings. The molecule has 2 aliphatic heterocycles. The lowest BCUT2D eigenvalue weighted by Crippen LogP contribution is -2.55. The van der Waals surface area contributed by atoms with Crippen molar-refractivity contribution in [2.45, 2.75) is 70.0 Å². The highest BCUT2D eigenvalue weighted by molar-refractivity contribution is 5.84. The van der Waals surface area contributed by atoms with Gasteiger partial charge in [0.2, 0.25) is 0 Å². The van der Waals surface area contributed by atoms with Crippen LogP contribution in [0.4, 0.5) is 5.69 Å². The third-order valence-corrected chi connectivity index (χ3v) is 9.65. The molecule has 0 fully saturated rings. The van der Waals surface area contributed by atoms with E-state index in [1.54, 1.807) is 6.21 Å². The first-order valence-corrected chi connectivity index (χ1v) is 15.9. The van der Waals surface area contributed by atoms with Gasteiger partial charge in [-0.15, -0.1) is 0 Å². The van der Waals surface area contributed by atoms with Crippen LogP contribution >= 0.6 is 0 Å². The first-order chi connectivity index (χ1) is 21.1. The number of dihydropyridines is 1. The Morgan fingerprint density at radius 2 is 1.93 bits per heavy atom. The van der Waals surface area contributed by atoms with Gasteiger partial charge in [0.05, 0.1) is 29.4 Å². The molecule has 5 atom stereocenters. The number of nitriles is 1. The van der Waals surface area contributed by atoms with Crippen LogP contribution in [0.2, 0.25) is 0 Å². The molecule has 216 valence electrons. The van der Waals surface area contributed by atoms with Crippen molar-refractivity contribution in [2.75, 3.05) is 4.90 Å². The zero-order chi connectivity index (χ0) is 29.3. The Labute approximate surface area is 256 Å². The fraction of sp³-hybridized carbons (Fsp3) is 0.333. The van der Waals surface area contributed by atoms with E-state index >= 15 is 0 Å². The minimum Gasteiger partial charge on any atom is -0.337 e. The van der Waals surface area contributed by atoms with Gasteiger partial charge in [0.25, 0.3) is 0 Å². The summed E-state index contributed by atoms with van der Waals surface area (Å²) >= 11 is 0. The summed E-state index contributed by atoms with van der Waals surface area (Å²) in [6, 6.07) is 12.1. The lowest BCUT2D eigenvalue weighted by atomic mass is 9.80. The zero-order valence-corrected chi connectivity index (χ0v) is 25.2. The number of allylic oxidation sites excluding steroid dienone is 13. The van der Waals surface area contributed by atoms with Crippen LogP contribution in [0, 0.1) is 23.2 Å². The summed E-state index contributed by atoms with van der Waals surface area (Å²) in [5.41, 5.74) is 8.79. The van der Waals surface area contributed by atoms with Gasteiger partial charge in [-0.3, -0.25) is 4.99 Å². The Balaban J connectivity index is 1.29. The summed E-state index contributed by atoms with van der Waals surface area (Å²) in [6.07, 6.45) is 36.6. The van der Waals surface area contributed by atoms with Crippen molar-refractivity contribution in [2.24, 2.45) is 16.8 Å². The van der Waals surface area contributed by atoms with Crippen molar-refractivity contribution in [1.29, 1.82) is 5.26 Å². The Kier molecular flexibility index (Phi) is 7.49. The SMILES string of the molecule is C/C=C(/C1CC=C(C#N)C=N1)C(CC1C=C1)c1cccc(N2C3=C(CC(C)C=C3)N(C3=CC=CCC3)C3C=CC=CC32)c1. The summed E-state index contributed by atoms with van der Waals surface area (Å²) in [7, 11) is 0. The van der Waals surface area contributed by atoms with Crippen molar-refractivity contribution in [3.8, 4) is 6.07 Å². The van der Waals surface area contributed by atoms with Crippen LogP contribution in [0.1, 0.15) is 57.4 Å².